The zero-order valence-corrected chi connectivity index (χ0v) is 7.66. The Kier molecular flexibility index (Phi) is 3.64. The molecule has 72 valence electrons. The molecule has 0 radical (unpaired) electrons. The predicted octanol–water partition coefficient (Wildman–Crippen LogP) is 1.63. The standard InChI is InChI=1S/C9H12FNO2/c1-7(6-12-2)13-9-5-3-4-8(10)11-9/h3-5,7H,6H2,1-2H3. The van der Waals surface area contributed by atoms with Crippen LogP contribution in [0.1, 0.15) is 6.92 Å². The zero-order chi connectivity index (χ0) is 9.68. The molecule has 1 atom stereocenters. The van der Waals surface area contributed by atoms with Crippen LogP contribution in [-0.2, 0) is 4.74 Å². The summed E-state index contributed by atoms with van der Waals surface area (Å²) < 4.78 is 22.7. The molecular formula is C9H12FNO2. The molecule has 0 saturated heterocycles. The van der Waals surface area contributed by atoms with Crippen molar-refractivity contribution in [2.24, 2.45) is 0 Å². The van der Waals surface area contributed by atoms with E-state index in [9.17, 15) is 4.39 Å². The van der Waals surface area contributed by atoms with E-state index >= 15 is 0 Å². The number of pyridine rings is 1. The first-order valence-corrected chi connectivity index (χ1v) is 4.00. The quantitative estimate of drug-likeness (QED) is 0.668. The molecule has 0 spiro atoms. The molecule has 0 aromatic carbocycles. The number of aromatic nitrogens is 1. The van der Waals surface area contributed by atoms with Gasteiger partial charge in [-0.25, -0.2) is 0 Å². The zero-order valence-electron chi connectivity index (χ0n) is 7.66. The molecule has 0 saturated carbocycles. The summed E-state index contributed by atoms with van der Waals surface area (Å²) in [7, 11) is 1.58. The van der Waals surface area contributed by atoms with Gasteiger partial charge in [-0.15, -0.1) is 0 Å². The van der Waals surface area contributed by atoms with Crippen molar-refractivity contribution in [3.05, 3.63) is 24.1 Å². The number of ether oxygens (including phenoxy) is 2. The van der Waals surface area contributed by atoms with Crippen LogP contribution in [0.25, 0.3) is 0 Å². The van der Waals surface area contributed by atoms with Gasteiger partial charge in [0, 0.05) is 13.2 Å². The lowest BCUT2D eigenvalue weighted by atomic mass is 10.4. The van der Waals surface area contributed by atoms with Gasteiger partial charge in [0.1, 0.15) is 6.10 Å². The van der Waals surface area contributed by atoms with E-state index in [1.54, 1.807) is 19.2 Å². The molecule has 3 nitrogen and oxygen atoms in total. The third kappa shape index (κ3) is 3.38. The molecule has 0 aliphatic heterocycles. The van der Waals surface area contributed by atoms with Crippen LogP contribution in [0.2, 0.25) is 0 Å². The van der Waals surface area contributed by atoms with Crippen LogP contribution in [0, 0.1) is 5.95 Å². The Labute approximate surface area is 76.5 Å². The van der Waals surface area contributed by atoms with Gasteiger partial charge < -0.3 is 9.47 Å². The summed E-state index contributed by atoms with van der Waals surface area (Å²) in [5, 5.41) is 0. The summed E-state index contributed by atoms with van der Waals surface area (Å²) in [6, 6.07) is 4.43. The van der Waals surface area contributed by atoms with Gasteiger partial charge in [0.25, 0.3) is 0 Å². The highest BCUT2D eigenvalue weighted by molar-refractivity contribution is 5.10. The van der Waals surface area contributed by atoms with Gasteiger partial charge in [-0.2, -0.15) is 9.37 Å². The summed E-state index contributed by atoms with van der Waals surface area (Å²) in [6.45, 7) is 2.29. The van der Waals surface area contributed by atoms with E-state index in [0.29, 0.717) is 6.61 Å². The average molecular weight is 185 g/mol. The van der Waals surface area contributed by atoms with Crippen molar-refractivity contribution in [1.29, 1.82) is 0 Å². The van der Waals surface area contributed by atoms with E-state index in [4.69, 9.17) is 9.47 Å². The van der Waals surface area contributed by atoms with Gasteiger partial charge in [0.15, 0.2) is 0 Å². The number of halogens is 1. The molecule has 1 unspecified atom stereocenters. The fraction of sp³-hybridized carbons (Fsp3) is 0.444. The SMILES string of the molecule is COCC(C)Oc1cccc(F)n1. The van der Waals surface area contributed by atoms with Crippen molar-refractivity contribution >= 4 is 0 Å². The van der Waals surface area contributed by atoms with E-state index in [1.165, 1.54) is 6.07 Å². The molecule has 0 aliphatic carbocycles. The van der Waals surface area contributed by atoms with Crippen LogP contribution >= 0.6 is 0 Å². The Morgan fingerprint density at radius 1 is 1.54 bits per heavy atom. The molecule has 1 aromatic heterocycles. The monoisotopic (exact) mass is 185 g/mol. The van der Waals surface area contributed by atoms with Gasteiger partial charge in [0.05, 0.1) is 6.61 Å². The highest BCUT2D eigenvalue weighted by Gasteiger charge is 2.04. The van der Waals surface area contributed by atoms with Gasteiger partial charge in [0.2, 0.25) is 11.8 Å². The number of nitrogens with zero attached hydrogens (tertiary/aromatic N) is 1. The Morgan fingerprint density at radius 3 is 2.92 bits per heavy atom. The third-order valence-electron chi connectivity index (χ3n) is 1.41. The largest absolute Gasteiger partial charge is 0.472 e. The van der Waals surface area contributed by atoms with E-state index < -0.39 is 5.95 Å². The molecule has 0 amide bonds. The Balaban J connectivity index is 2.53. The van der Waals surface area contributed by atoms with Crippen LogP contribution < -0.4 is 4.74 Å². The molecule has 1 heterocycles. The number of methoxy groups -OCH3 is 1. The molecule has 13 heavy (non-hydrogen) atoms. The highest BCUT2D eigenvalue weighted by Crippen LogP contribution is 2.08. The van der Waals surface area contributed by atoms with Crippen molar-refractivity contribution in [2.75, 3.05) is 13.7 Å². The Hall–Kier alpha value is -1.16. The fourth-order valence-corrected chi connectivity index (χ4v) is 0.930. The van der Waals surface area contributed by atoms with Crippen LogP contribution in [0.3, 0.4) is 0 Å². The molecule has 4 heteroatoms. The van der Waals surface area contributed by atoms with Crippen LogP contribution in [-0.4, -0.2) is 24.8 Å². The predicted molar refractivity (Wildman–Crippen MR) is 46.2 cm³/mol. The van der Waals surface area contributed by atoms with Gasteiger partial charge in [-0.05, 0) is 13.0 Å². The second-order valence-electron chi connectivity index (χ2n) is 2.68. The molecule has 0 bridgehead atoms. The summed E-state index contributed by atoms with van der Waals surface area (Å²) in [6.07, 6.45) is -0.126. The van der Waals surface area contributed by atoms with Crippen LogP contribution in [0.5, 0.6) is 5.88 Å². The molecule has 0 N–H and O–H groups in total. The summed E-state index contributed by atoms with van der Waals surface area (Å²) >= 11 is 0. The third-order valence-corrected chi connectivity index (χ3v) is 1.41. The maximum absolute atomic E-state index is 12.6. The van der Waals surface area contributed by atoms with Crippen molar-refractivity contribution in [3.63, 3.8) is 0 Å². The highest BCUT2D eigenvalue weighted by atomic mass is 19.1. The average Bonchev–Trinajstić information content (AvgIpc) is 2.04. The topological polar surface area (TPSA) is 31.4 Å². The van der Waals surface area contributed by atoms with Crippen molar-refractivity contribution < 1.29 is 13.9 Å². The first-order chi connectivity index (χ1) is 6.22. The fourth-order valence-electron chi connectivity index (χ4n) is 0.930. The smallest absolute Gasteiger partial charge is 0.216 e. The van der Waals surface area contributed by atoms with Gasteiger partial charge in [-0.3, -0.25) is 0 Å². The number of rotatable bonds is 4. The maximum atomic E-state index is 12.6. The van der Waals surface area contributed by atoms with E-state index in [1.807, 2.05) is 6.92 Å². The normalized spacial score (nSPS) is 12.5. The molecule has 1 rings (SSSR count). The summed E-state index contributed by atoms with van der Waals surface area (Å²) in [5.74, 6) is -0.258. The van der Waals surface area contributed by atoms with Crippen LogP contribution in [0.15, 0.2) is 18.2 Å². The molecule has 0 fully saturated rings. The van der Waals surface area contributed by atoms with Crippen molar-refractivity contribution in [1.82, 2.24) is 4.98 Å². The minimum Gasteiger partial charge on any atom is -0.472 e. The van der Waals surface area contributed by atoms with Gasteiger partial charge in [-0.1, -0.05) is 6.07 Å². The maximum Gasteiger partial charge on any atom is 0.216 e. The lowest BCUT2D eigenvalue weighted by molar-refractivity contribution is 0.0883. The lowest BCUT2D eigenvalue weighted by Gasteiger charge is -2.11. The molecular weight excluding hydrogens is 173 g/mol. The second kappa shape index (κ2) is 4.77. The minimum absolute atomic E-state index is 0.126. The second-order valence-corrected chi connectivity index (χ2v) is 2.68. The Bertz CT molecular complexity index is 268. The van der Waals surface area contributed by atoms with Crippen LogP contribution in [0.4, 0.5) is 4.39 Å². The van der Waals surface area contributed by atoms with E-state index in [-0.39, 0.29) is 12.0 Å². The lowest BCUT2D eigenvalue weighted by Crippen LogP contribution is -2.18. The molecule has 0 aliphatic rings. The van der Waals surface area contributed by atoms with E-state index in [0.717, 1.165) is 0 Å². The first-order valence-electron chi connectivity index (χ1n) is 4.00. The Morgan fingerprint density at radius 2 is 2.31 bits per heavy atom. The van der Waals surface area contributed by atoms with Gasteiger partial charge >= 0.3 is 0 Å². The van der Waals surface area contributed by atoms with Crippen molar-refractivity contribution in [2.45, 2.75) is 13.0 Å². The van der Waals surface area contributed by atoms with Crippen molar-refractivity contribution in [3.8, 4) is 5.88 Å². The first kappa shape index (κ1) is 9.92. The summed E-state index contributed by atoms with van der Waals surface area (Å²) in [5.41, 5.74) is 0. The molecule has 1 aromatic rings. The van der Waals surface area contributed by atoms with E-state index in [2.05, 4.69) is 4.98 Å². The number of hydrogen-bond donors (Lipinski definition) is 0. The minimum atomic E-state index is -0.540. The number of hydrogen-bond acceptors (Lipinski definition) is 3. The summed E-state index contributed by atoms with van der Waals surface area (Å²) in [4.78, 5) is 3.55.